The van der Waals surface area contributed by atoms with Gasteiger partial charge in [0.25, 0.3) is 5.91 Å². The Morgan fingerprint density at radius 2 is 2.35 bits per heavy atom. The maximum atomic E-state index is 12.3. The molecule has 1 saturated heterocycles. The van der Waals surface area contributed by atoms with Crippen molar-refractivity contribution in [3.63, 3.8) is 0 Å². The number of benzene rings is 1. The van der Waals surface area contributed by atoms with Crippen molar-refractivity contribution in [2.24, 2.45) is 0 Å². The zero-order valence-corrected chi connectivity index (χ0v) is 11.9. The molecule has 1 atom stereocenters. The molecule has 1 aromatic carbocycles. The van der Waals surface area contributed by atoms with Crippen molar-refractivity contribution in [1.82, 2.24) is 10.2 Å². The minimum atomic E-state index is 0.0106. The fourth-order valence-corrected chi connectivity index (χ4v) is 2.71. The largest absolute Gasteiger partial charge is 0.333 e. The molecule has 1 N–H and O–H groups in total. The van der Waals surface area contributed by atoms with Gasteiger partial charge in [0.2, 0.25) is 0 Å². The Bertz CT molecular complexity index is 439. The molecule has 3 nitrogen and oxygen atoms in total. The Morgan fingerprint density at radius 1 is 1.59 bits per heavy atom. The van der Waals surface area contributed by atoms with Crippen molar-refractivity contribution in [3.05, 3.63) is 33.3 Å². The first-order chi connectivity index (χ1) is 8.09. The van der Waals surface area contributed by atoms with Crippen LogP contribution >= 0.6 is 27.5 Å². The molecule has 0 aromatic heterocycles. The highest BCUT2D eigenvalue weighted by molar-refractivity contribution is 9.10. The van der Waals surface area contributed by atoms with E-state index in [2.05, 4.69) is 21.2 Å². The lowest BCUT2D eigenvalue weighted by molar-refractivity contribution is 0.0656. The molecule has 17 heavy (non-hydrogen) atoms. The summed E-state index contributed by atoms with van der Waals surface area (Å²) in [4.78, 5) is 14.2. The van der Waals surface area contributed by atoms with Crippen molar-refractivity contribution in [2.75, 3.05) is 19.6 Å². The van der Waals surface area contributed by atoms with E-state index in [-0.39, 0.29) is 11.9 Å². The van der Waals surface area contributed by atoms with E-state index in [9.17, 15) is 4.79 Å². The molecular weight excluding hydrogens is 304 g/mol. The summed E-state index contributed by atoms with van der Waals surface area (Å²) in [5.41, 5.74) is 0.573. The highest BCUT2D eigenvalue weighted by atomic mass is 79.9. The normalized spacial score (nSPS) is 20.4. The van der Waals surface area contributed by atoms with Crippen LogP contribution in [0.4, 0.5) is 0 Å². The highest BCUT2D eigenvalue weighted by Gasteiger charge is 2.25. The second-order valence-electron chi connectivity index (χ2n) is 4.18. The van der Waals surface area contributed by atoms with Crippen molar-refractivity contribution >= 4 is 33.4 Å². The third-order valence-corrected chi connectivity index (χ3v) is 3.73. The topological polar surface area (TPSA) is 32.3 Å². The lowest BCUT2D eigenvalue weighted by Gasteiger charge is -2.34. The maximum Gasteiger partial charge on any atom is 0.255 e. The molecule has 1 aromatic rings. The van der Waals surface area contributed by atoms with Gasteiger partial charge < -0.3 is 10.2 Å². The minimum Gasteiger partial charge on any atom is -0.333 e. The van der Waals surface area contributed by atoms with Crippen LogP contribution in [0, 0.1) is 0 Å². The van der Waals surface area contributed by atoms with Crippen LogP contribution in [-0.2, 0) is 0 Å². The third kappa shape index (κ3) is 2.81. The van der Waals surface area contributed by atoms with Gasteiger partial charge in [-0.2, -0.15) is 0 Å². The lowest BCUT2D eigenvalue weighted by atomic mass is 10.1. The van der Waals surface area contributed by atoms with Crippen LogP contribution in [0.3, 0.4) is 0 Å². The van der Waals surface area contributed by atoms with Crippen LogP contribution in [0.2, 0.25) is 5.02 Å². The number of rotatable bonds is 1. The van der Waals surface area contributed by atoms with Crippen molar-refractivity contribution < 1.29 is 4.79 Å². The molecule has 1 amide bonds. The number of hydrogen-bond acceptors (Lipinski definition) is 2. The Morgan fingerprint density at radius 3 is 3.00 bits per heavy atom. The van der Waals surface area contributed by atoms with Crippen LogP contribution < -0.4 is 5.32 Å². The number of piperazine rings is 1. The Kier molecular flexibility index (Phi) is 4.07. The number of amides is 1. The third-order valence-electron chi connectivity index (χ3n) is 2.92. The molecule has 0 bridgehead atoms. The van der Waals surface area contributed by atoms with E-state index in [1.165, 1.54) is 0 Å². The van der Waals surface area contributed by atoms with Crippen LogP contribution in [0.25, 0.3) is 0 Å². The summed E-state index contributed by atoms with van der Waals surface area (Å²) in [6.07, 6.45) is 0. The van der Waals surface area contributed by atoms with Crippen LogP contribution in [0.5, 0.6) is 0 Å². The van der Waals surface area contributed by atoms with E-state index >= 15 is 0 Å². The molecule has 1 unspecified atom stereocenters. The van der Waals surface area contributed by atoms with E-state index in [0.29, 0.717) is 10.6 Å². The van der Waals surface area contributed by atoms with Gasteiger partial charge in [0, 0.05) is 30.1 Å². The number of halogens is 2. The van der Waals surface area contributed by atoms with Crippen molar-refractivity contribution in [3.8, 4) is 0 Å². The van der Waals surface area contributed by atoms with Crippen molar-refractivity contribution in [1.29, 1.82) is 0 Å². The smallest absolute Gasteiger partial charge is 0.255 e. The molecule has 1 aliphatic heterocycles. The van der Waals surface area contributed by atoms with Gasteiger partial charge in [0.05, 0.1) is 10.6 Å². The molecule has 92 valence electrons. The molecule has 0 spiro atoms. The quantitative estimate of drug-likeness (QED) is 0.863. The Labute approximate surface area is 114 Å². The maximum absolute atomic E-state index is 12.3. The van der Waals surface area contributed by atoms with Crippen LogP contribution in [-0.4, -0.2) is 36.5 Å². The van der Waals surface area contributed by atoms with Gasteiger partial charge in [-0.1, -0.05) is 27.5 Å². The summed E-state index contributed by atoms with van der Waals surface area (Å²) in [6, 6.07) is 5.56. The van der Waals surface area contributed by atoms with Crippen LogP contribution in [0.1, 0.15) is 17.3 Å². The fraction of sp³-hybridized carbons (Fsp3) is 0.417. The Balaban J connectivity index is 2.24. The van der Waals surface area contributed by atoms with E-state index in [0.717, 1.165) is 24.1 Å². The number of nitrogens with one attached hydrogen (secondary N) is 1. The zero-order chi connectivity index (χ0) is 12.4. The van der Waals surface area contributed by atoms with Gasteiger partial charge in [0.15, 0.2) is 0 Å². The van der Waals surface area contributed by atoms with Gasteiger partial charge >= 0.3 is 0 Å². The predicted octanol–water partition coefficient (Wildman–Crippen LogP) is 2.54. The lowest BCUT2D eigenvalue weighted by Crippen LogP contribution is -2.52. The summed E-state index contributed by atoms with van der Waals surface area (Å²) in [7, 11) is 0. The summed E-state index contributed by atoms with van der Waals surface area (Å²) < 4.78 is 0.882. The van der Waals surface area contributed by atoms with Gasteiger partial charge in [-0.15, -0.1) is 0 Å². The van der Waals surface area contributed by atoms with Gasteiger partial charge in [-0.05, 0) is 25.1 Å². The summed E-state index contributed by atoms with van der Waals surface area (Å²) in [5.74, 6) is 0.0106. The van der Waals surface area contributed by atoms with E-state index < -0.39 is 0 Å². The Hall–Kier alpha value is -0.580. The van der Waals surface area contributed by atoms with Gasteiger partial charge in [-0.25, -0.2) is 0 Å². The standard InChI is InChI=1S/C12H14BrClN2O/c1-8-7-15-4-5-16(8)12(17)10-3-2-9(13)6-11(10)14/h2-3,6,8,15H,4-5,7H2,1H3. The summed E-state index contributed by atoms with van der Waals surface area (Å²) in [5, 5.41) is 3.76. The number of carbonyl (C=O) groups excluding carboxylic acids is 1. The highest BCUT2D eigenvalue weighted by Crippen LogP contribution is 2.23. The van der Waals surface area contributed by atoms with Gasteiger partial charge in [0.1, 0.15) is 0 Å². The average Bonchev–Trinajstić information content (AvgIpc) is 2.29. The second-order valence-corrected chi connectivity index (χ2v) is 5.50. The molecule has 2 rings (SSSR count). The molecule has 1 aliphatic rings. The number of nitrogens with zero attached hydrogens (tertiary/aromatic N) is 1. The molecular formula is C12H14BrClN2O. The number of carbonyl (C=O) groups is 1. The van der Waals surface area contributed by atoms with Gasteiger partial charge in [-0.3, -0.25) is 4.79 Å². The summed E-state index contributed by atoms with van der Waals surface area (Å²) >= 11 is 9.43. The van der Waals surface area contributed by atoms with E-state index in [1.807, 2.05) is 17.9 Å². The monoisotopic (exact) mass is 316 g/mol. The summed E-state index contributed by atoms with van der Waals surface area (Å²) in [6.45, 7) is 4.44. The van der Waals surface area contributed by atoms with Crippen molar-refractivity contribution in [2.45, 2.75) is 13.0 Å². The fourth-order valence-electron chi connectivity index (χ4n) is 1.96. The number of hydrogen-bond donors (Lipinski definition) is 1. The molecule has 5 heteroatoms. The first-order valence-electron chi connectivity index (χ1n) is 5.56. The van der Waals surface area contributed by atoms with E-state index in [1.54, 1.807) is 12.1 Å². The van der Waals surface area contributed by atoms with Crippen LogP contribution in [0.15, 0.2) is 22.7 Å². The molecule has 1 fully saturated rings. The molecule has 0 saturated carbocycles. The minimum absolute atomic E-state index is 0.0106. The first kappa shape index (κ1) is 12.9. The SMILES string of the molecule is CC1CNCCN1C(=O)c1ccc(Br)cc1Cl. The average molecular weight is 318 g/mol. The second kappa shape index (κ2) is 5.38. The van der Waals surface area contributed by atoms with E-state index in [4.69, 9.17) is 11.6 Å². The predicted molar refractivity (Wildman–Crippen MR) is 72.5 cm³/mol. The zero-order valence-electron chi connectivity index (χ0n) is 9.54. The molecule has 0 aliphatic carbocycles. The molecule has 0 radical (unpaired) electrons. The molecule has 1 heterocycles. The first-order valence-corrected chi connectivity index (χ1v) is 6.73.